The fraction of sp³-hybridized carbons (Fsp3) is 0.143. The molecular weight excluding hydrogens is 491 g/mol. The van der Waals surface area contributed by atoms with E-state index in [0.717, 1.165) is 33.4 Å². The first kappa shape index (κ1) is 18.7. The Balaban J connectivity index is 1.57. The molecule has 0 spiro atoms. The summed E-state index contributed by atoms with van der Waals surface area (Å²) in [5.74, 6) is 0.970. The van der Waals surface area contributed by atoms with E-state index in [4.69, 9.17) is 16.1 Å². The summed E-state index contributed by atoms with van der Waals surface area (Å²) < 4.78 is 46.3. The van der Waals surface area contributed by atoms with Gasteiger partial charge >= 0.3 is 6.18 Å². The first-order chi connectivity index (χ1) is 12.8. The number of alkyl halides is 3. The molecular formula is C14H6BrClF3N5OS2. The quantitative estimate of drug-likeness (QED) is 0.344. The van der Waals surface area contributed by atoms with Crippen LogP contribution in [-0.2, 0) is 11.9 Å². The lowest BCUT2D eigenvalue weighted by Gasteiger charge is -2.08. The molecule has 0 radical (unpaired) electrons. The lowest BCUT2D eigenvalue weighted by molar-refractivity contribution is -0.137. The van der Waals surface area contributed by atoms with Crippen molar-refractivity contribution in [2.24, 2.45) is 0 Å². The summed E-state index contributed by atoms with van der Waals surface area (Å²) >= 11 is 11.8. The van der Waals surface area contributed by atoms with Gasteiger partial charge in [0.25, 0.3) is 0 Å². The summed E-state index contributed by atoms with van der Waals surface area (Å²) in [6.07, 6.45) is -3.62. The molecule has 13 heteroatoms. The van der Waals surface area contributed by atoms with Gasteiger partial charge in [-0.1, -0.05) is 28.5 Å². The van der Waals surface area contributed by atoms with E-state index in [9.17, 15) is 13.2 Å². The van der Waals surface area contributed by atoms with Gasteiger partial charge in [0, 0.05) is 16.0 Å². The van der Waals surface area contributed by atoms with Gasteiger partial charge in [0.1, 0.15) is 0 Å². The summed E-state index contributed by atoms with van der Waals surface area (Å²) in [4.78, 5) is 5.11. The molecule has 4 rings (SSSR count). The SMILES string of the molecule is FC(F)(F)c1cc(Cl)c2nnc(SCc3nc(-c4cc(Br)cs4)no3)n2c1. The van der Waals surface area contributed by atoms with Crippen LogP contribution in [-0.4, -0.2) is 24.7 Å². The summed E-state index contributed by atoms with van der Waals surface area (Å²) in [5.41, 5.74) is -0.744. The molecule has 4 heterocycles. The van der Waals surface area contributed by atoms with Gasteiger partial charge in [0.15, 0.2) is 10.8 Å². The topological polar surface area (TPSA) is 69.1 Å². The molecule has 0 aromatic carbocycles. The standard InChI is InChI=1S/C14H6BrClF3N5OS2/c15-7-2-9(26-4-7)11-20-10(25-23-11)5-27-13-22-21-12-8(16)1-6(3-24(12)13)14(17,18)19/h1-4H,5H2. The highest BCUT2D eigenvalue weighted by atomic mass is 79.9. The zero-order chi connectivity index (χ0) is 19.2. The fourth-order valence-electron chi connectivity index (χ4n) is 2.16. The molecule has 6 nitrogen and oxygen atoms in total. The summed E-state index contributed by atoms with van der Waals surface area (Å²) in [5, 5.41) is 13.6. The average Bonchev–Trinajstić information content (AvgIpc) is 3.31. The van der Waals surface area contributed by atoms with Crippen LogP contribution in [0.5, 0.6) is 0 Å². The average molecular weight is 497 g/mol. The molecule has 0 unspecified atom stereocenters. The zero-order valence-electron chi connectivity index (χ0n) is 12.9. The molecule has 27 heavy (non-hydrogen) atoms. The number of aromatic nitrogens is 5. The van der Waals surface area contributed by atoms with Crippen LogP contribution >= 0.6 is 50.6 Å². The van der Waals surface area contributed by atoms with E-state index in [-0.39, 0.29) is 21.6 Å². The number of nitrogens with zero attached hydrogens (tertiary/aromatic N) is 5. The predicted molar refractivity (Wildman–Crippen MR) is 97.9 cm³/mol. The number of hydrogen-bond donors (Lipinski definition) is 0. The minimum atomic E-state index is -4.53. The van der Waals surface area contributed by atoms with E-state index in [1.807, 2.05) is 11.4 Å². The lowest BCUT2D eigenvalue weighted by Crippen LogP contribution is -2.07. The van der Waals surface area contributed by atoms with Crippen LogP contribution in [0.2, 0.25) is 5.02 Å². The second-order valence-electron chi connectivity index (χ2n) is 5.18. The minimum absolute atomic E-state index is 0.132. The van der Waals surface area contributed by atoms with Gasteiger partial charge in [0.2, 0.25) is 11.7 Å². The third-order valence-electron chi connectivity index (χ3n) is 3.34. The number of thioether (sulfide) groups is 1. The zero-order valence-corrected chi connectivity index (χ0v) is 16.8. The smallest absolute Gasteiger partial charge is 0.338 e. The van der Waals surface area contributed by atoms with Gasteiger partial charge in [-0.05, 0) is 28.1 Å². The first-order valence-corrected chi connectivity index (χ1v) is 10.2. The minimum Gasteiger partial charge on any atom is -0.338 e. The fourth-order valence-corrected chi connectivity index (χ4v) is 4.50. The normalized spacial score (nSPS) is 12.2. The van der Waals surface area contributed by atoms with E-state index in [1.165, 1.54) is 15.7 Å². The maximum Gasteiger partial charge on any atom is 0.417 e. The van der Waals surface area contributed by atoms with Gasteiger partial charge in [0.05, 0.1) is 21.2 Å². The Morgan fingerprint density at radius 1 is 1.30 bits per heavy atom. The van der Waals surface area contributed by atoms with Gasteiger partial charge in [-0.3, -0.25) is 4.40 Å². The van der Waals surface area contributed by atoms with Crippen LogP contribution in [0, 0.1) is 0 Å². The van der Waals surface area contributed by atoms with Crippen LogP contribution in [0.15, 0.2) is 37.9 Å². The molecule has 0 amide bonds. The second-order valence-corrected chi connectivity index (χ2v) is 8.36. The molecule has 0 aliphatic heterocycles. The Kier molecular flexibility index (Phi) is 4.91. The van der Waals surface area contributed by atoms with Crippen molar-refractivity contribution in [3.8, 4) is 10.7 Å². The van der Waals surface area contributed by atoms with Crippen molar-refractivity contribution in [3.05, 3.63) is 44.7 Å². The van der Waals surface area contributed by atoms with Crippen LogP contribution in [0.4, 0.5) is 13.2 Å². The molecule has 0 atom stereocenters. The van der Waals surface area contributed by atoms with E-state index >= 15 is 0 Å². The van der Waals surface area contributed by atoms with Crippen LogP contribution in [0.3, 0.4) is 0 Å². The second kappa shape index (κ2) is 7.08. The molecule has 4 aromatic heterocycles. The molecule has 140 valence electrons. The van der Waals surface area contributed by atoms with Crippen molar-refractivity contribution >= 4 is 56.3 Å². The number of pyridine rings is 1. The van der Waals surface area contributed by atoms with Crippen molar-refractivity contribution in [2.45, 2.75) is 17.1 Å². The molecule has 4 aromatic rings. The number of thiophene rings is 1. The van der Waals surface area contributed by atoms with Gasteiger partial charge < -0.3 is 4.52 Å². The van der Waals surface area contributed by atoms with E-state index in [2.05, 4.69) is 36.3 Å². The number of halogens is 5. The highest BCUT2D eigenvalue weighted by molar-refractivity contribution is 9.10. The number of rotatable bonds is 4. The van der Waals surface area contributed by atoms with Gasteiger partial charge in [-0.2, -0.15) is 18.2 Å². The van der Waals surface area contributed by atoms with Crippen molar-refractivity contribution in [2.75, 3.05) is 0 Å². The molecule has 0 saturated heterocycles. The van der Waals surface area contributed by atoms with Gasteiger partial charge in [-0.15, -0.1) is 21.5 Å². The van der Waals surface area contributed by atoms with Crippen LogP contribution < -0.4 is 0 Å². The Bertz CT molecular complexity index is 1130. The van der Waals surface area contributed by atoms with Crippen molar-refractivity contribution in [1.82, 2.24) is 24.7 Å². The van der Waals surface area contributed by atoms with E-state index < -0.39 is 11.7 Å². The maximum absolute atomic E-state index is 13.0. The number of hydrogen-bond acceptors (Lipinski definition) is 7. The van der Waals surface area contributed by atoms with Crippen molar-refractivity contribution in [3.63, 3.8) is 0 Å². The molecule has 0 N–H and O–H groups in total. The molecule has 0 saturated carbocycles. The highest BCUT2D eigenvalue weighted by Gasteiger charge is 2.32. The van der Waals surface area contributed by atoms with Gasteiger partial charge in [-0.25, -0.2) is 0 Å². The summed E-state index contributed by atoms with van der Waals surface area (Å²) in [6.45, 7) is 0. The highest BCUT2D eigenvalue weighted by Crippen LogP contribution is 2.34. The molecule has 0 aliphatic rings. The Hall–Kier alpha value is -1.63. The van der Waals surface area contributed by atoms with Crippen LogP contribution in [0.25, 0.3) is 16.3 Å². The largest absolute Gasteiger partial charge is 0.417 e. The van der Waals surface area contributed by atoms with Crippen LogP contribution in [0.1, 0.15) is 11.5 Å². The Morgan fingerprint density at radius 3 is 2.81 bits per heavy atom. The third kappa shape index (κ3) is 3.84. The third-order valence-corrected chi connectivity index (χ3v) is 6.23. The van der Waals surface area contributed by atoms with E-state index in [1.54, 1.807) is 0 Å². The number of fused-ring (bicyclic) bond motifs is 1. The molecule has 0 aliphatic carbocycles. The first-order valence-electron chi connectivity index (χ1n) is 7.12. The summed E-state index contributed by atoms with van der Waals surface area (Å²) in [7, 11) is 0. The molecule has 0 bridgehead atoms. The Morgan fingerprint density at radius 2 is 2.11 bits per heavy atom. The lowest BCUT2D eigenvalue weighted by atomic mass is 10.3. The molecule has 0 fully saturated rings. The monoisotopic (exact) mass is 495 g/mol. The predicted octanol–water partition coefficient (Wildman–Crippen LogP) is 5.57. The Labute approximate surface area is 170 Å². The van der Waals surface area contributed by atoms with Crippen molar-refractivity contribution in [1.29, 1.82) is 0 Å². The van der Waals surface area contributed by atoms with E-state index in [0.29, 0.717) is 11.7 Å². The summed E-state index contributed by atoms with van der Waals surface area (Å²) in [6, 6.07) is 2.68. The maximum atomic E-state index is 13.0. The van der Waals surface area contributed by atoms with Crippen molar-refractivity contribution < 1.29 is 17.7 Å².